The van der Waals surface area contributed by atoms with Gasteiger partial charge in [-0.2, -0.15) is 9.61 Å². The van der Waals surface area contributed by atoms with E-state index in [1.165, 1.54) is 6.20 Å². The number of rotatable bonds is 6. The van der Waals surface area contributed by atoms with Crippen LogP contribution in [0.1, 0.15) is 70.2 Å². The zero-order valence-corrected chi connectivity index (χ0v) is 19.9. The number of aliphatic hydroxyl groups is 1. The molecule has 2 fully saturated rings. The van der Waals surface area contributed by atoms with Crippen LogP contribution >= 0.6 is 0 Å². The molecule has 3 aromatic rings. The molecule has 0 aromatic carbocycles. The number of anilines is 3. The van der Waals surface area contributed by atoms with Gasteiger partial charge in [-0.25, -0.2) is 4.98 Å². The molecule has 10 heteroatoms. The Balaban J connectivity index is 0.00000111. The number of pyridine rings is 1. The minimum atomic E-state index is -0.374. The van der Waals surface area contributed by atoms with E-state index in [0.29, 0.717) is 35.0 Å². The molecule has 0 saturated heterocycles. The van der Waals surface area contributed by atoms with Crippen molar-refractivity contribution >= 4 is 28.9 Å². The van der Waals surface area contributed by atoms with E-state index in [4.69, 9.17) is 0 Å². The third-order valence-electron chi connectivity index (χ3n) is 6.13. The number of amides is 1. The highest BCUT2D eigenvalue weighted by Crippen LogP contribution is 2.28. The van der Waals surface area contributed by atoms with Crippen LogP contribution in [0.2, 0.25) is 0 Å². The van der Waals surface area contributed by atoms with Gasteiger partial charge in [-0.05, 0) is 50.7 Å². The maximum Gasteiger partial charge on any atom is 0.274 e. The molecule has 0 aliphatic heterocycles. The third kappa shape index (κ3) is 4.91. The molecule has 1 unspecified atom stereocenters. The van der Waals surface area contributed by atoms with Crippen LogP contribution in [0.15, 0.2) is 35.4 Å². The fourth-order valence-electron chi connectivity index (χ4n) is 4.28. The Hall–Kier alpha value is -3.40. The van der Waals surface area contributed by atoms with Crippen molar-refractivity contribution in [2.45, 2.75) is 70.6 Å². The number of aromatic nitrogens is 4. The summed E-state index contributed by atoms with van der Waals surface area (Å²) >= 11 is 0. The SMILES string of the molecule is CC.CNc1cc(Nc2cccn([C@H]3CCCC(O)C3)c2=O)nc2c(C(=O)NC3CC3)cnn12.[HH]. The van der Waals surface area contributed by atoms with Gasteiger partial charge in [-0.1, -0.05) is 13.8 Å². The van der Waals surface area contributed by atoms with Gasteiger partial charge in [0.15, 0.2) is 5.65 Å². The van der Waals surface area contributed by atoms with E-state index in [9.17, 15) is 14.7 Å². The lowest BCUT2D eigenvalue weighted by Crippen LogP contribution is -2.30. The summed E-state index contributed by atoms with van der Waals surface area (Å²) < 4.78 is 3.26. The molecule has 34 heavy (non-hydrogen) atoms. The molecule has 0 radical (unpaired) electrons. The van der Waals surface area contributed by atoms with Gasteiger partial charge < -0.3 is 25.6 Å². The summed E-state index contributed by atoms with van der Waals surface area (Å²) in [6.45, 7) is 4.00. The first-order chi connectivity index (χ1) is 16.5. The Kier molecular flexibility index (Phi) is 7.16. The lowest BCUT2D eigenvalue weighted by atomic mass is 9.93. The highest BCUT2D eigenvalue weighted by atomic mass is 16.3. The van der Waals surface area contributed by atoms with Crippen molar-refractivity contribution in [3.8, 4) is 0 Å². The largest absolute Gasteiger partial charge is 0.393 e. The molecular formula is C24H35N7O3. The summed E-state index contributed by atoms with van der Waals surface area (Å²) in [6, 6.07) is 5.46. The van der Waals surface area contributed by atoms with E-state index in [2.05, 4.69) is 26.0 Å². The number of hydrogen-bond acceptors (Lipinski definition) is 7. The molecular weight excluding hydrogens is 434 g/mol. The third-order valence-corrected chi connectivity index (χ3v) is 6.13. The van der Waals surface area contributed by atoms with Crippen LogP contribution in [0.3, 0.4) is 0 Å². The first-order valence-corrected chi connectivity index (χ1v) is 12.1. The Morgan fingerprint density at radius 3 is 2.74 bits per heavy atom. The van der Waals surface area contributed by atoms with Gasteiger partial charge in [0.05, 0.1) is 12.3 Å². The molecule has 3 aromatic heterocycles. The average Bonchev–Trinajstić information content (AvgIpc) is 3.56. The van der Waals surface area contributed by atoms with Crippen molar-refractivity contribution in [2.75, 3.05) is 17.7 Å². The van der Waals surface area contributed by atoms with Crippen molar-refractivity contribution in [2.24, 2.45) is 0 Å². The van der Waals surface area contributed by atoms with Crippen LogP contribution in [-0.2, 0) is 0 Å². The molecule has 0 spiro atoms. The first-order valence-electron chi connectivity index (χ1n) is 12.1. The molecule has 5 rings (SSSR count). The number of aliphatic hydroxyl groups excluding tert-OH is 1. The average molecular weight is 470 g/mol. The second-order valence-corrected chi connectivity index (χ2v) is 8.55. The lowest BCUT2D eigenvalue weighted by Gasteiger charge is -2.27. The van der Waals surface area contributed by atoms with E-state index in [1.807, 2.05) is 19.9 Å². The van der Waals surface area contributed by atoms with Gasteiger partial charge in [0.2, 0.25) is 0 Å². The summed E-state index contributed by atoms with van der Waals surface area (Å²) in [5.74, 6) is 0.864. The minimum absolute atomic E-state index is 0. The van der Waals surface area contributed by atoms with Crippen molar-refractivity contribution in [3.63, 3.8) is 0 Å². The number of hydrogen-bond donors (Lipinski definition) is 4. The topological polar surface area (TPSA) is 126 Å². The van der Waals surface area contributed by atoms with E-state index < -0.39 is 0 Å². The van der Waals surface area contributed by atoms with Crippen molar-refractivity contribution < 1.29 is 11.3 Å². The Labute approximate surface area is 199 Å². The molecule has 3 heterocycles. The molecule has 0 bridgehead atoms. The molecule has 184 valence electrons. The number of carbonyl (C=O) groups excluding carboxylic acids is 1. The fourth-order valence-corrected chi connectivity index (χ4v) is 4.28. The molecule has 10 nitrogen and oxygen atoms in total. The highest BCUT2D eigenvalue weighted by Gasteiger charge is 2.26. The summed E-state index contributed by atoms with van der Waals surface area (Å²) in [7, 11) is 1.76. The summed E-state index contributed by atoms with van der Waals surface area (Å²) in [6.07, 6.45) is 8.00. The van der Waals surface area contributed by atoms with Crippen molar-refractivity contribution in [1.82, 2.24) is 24.5 Å². The van der Waals surface area contributed by atoms with Crippen molar-refractivity contribution in [1.29, 1.82) is 0 Å². The van der Waals surface area contributed by atoms with E-state index >= 15 is 0 Å². The quantitative estimate of drug-likeness (QED) is 0.436. The predicted octanol–water partition coefficient (Wildman–Crippen LogP) is 3.32. The summed E-state index contributed by atoms with van der Waals surface area (Å²) in [5, 5.41) is 23.5. The van der Waals surface area contributed by atoms with Crippen LogP contribution in [0.4, 0.5) is 17.3 Å². The molecule has 2 aliphatic rings. The van der Waals surface area contributed by atoms with E-state index in [0.717, 1.165) is 32.1 Å². The normalized spacial score (nSPS) is 19.8. The van der Waals surface area contributed by atoms with Crippen LogP contribution < -0.4 is 21.5 Å². The second-order valence-electron chi connectivity index (χ2n) is 8.55. The predicted molar refractivity (Wildman–Crippen MR) is 134 cm³/mol. The van der Waals surface area contributed by atoms with Gasteiger partial charge in [-0.3, -0.25) is 9.59 Å². The van der Waals surface area contributed by atoms with Gasteiger partial charge in [0, 0.05) is 32.8 Å². The summed E-state index contributed by atoms with van der Waals surface area (Å²) in [5.41, 5.74) is 1.01. The van der Waals surface area contributed by atoms with Gasteiger partial charge >= 0.3 is 0 Å². The lowest BCUT2D eigenvalue weighted by molar-refractivity contribution is 0.0952. The number of nitrogens with zero attached hydrogens (tertiary/aromatic N) is 4. The minimum Gasteiger partial charge on any atom is -0.393 e. The number of carbonyl (C=O) groups is 1. The van der Waals surface area contributed by atoms with Gasteiger partial charge in [-0.15, -0.1) is 0 Å². The maximum atomic E-state index is 13.1. The Morgan fingerprint density at radius 1 is 1.24 bits per heavy atom. The van der Waals surface area contributed by atoms with Crippen LogP contribution in [0.25, 0.3) is 5.65 Å². The standard InChI is InChI=1S/C22H27N7O3.C2H6.H2/c1-23-19-11-18(27-20-16(12-24-29(19)20)21(31)25-13-7-8-13)26-17-6-3-9-28(22(17)32)14-4-2-5-15(30)10-14;1-2;/h3,6,9,11-15,23,30H,2,4-5,7-8,10H2,1H3,(H,25,31)(H,26,27);1-2H3;1H/t14-,15?;;/m0../s1. The van der Waals surface area contributed by atoms with Crippen LogP contribution in [-0.4, -0.2) is 49.4 Å². The zero-order valence-electron chi connectivity index (χ0n) is 19.9. The van der Waals surface area contributed by atoms with Crippen molar-refractivity contribution in [3.05, 3.63) is 46.5 Å². The van der Waals surface area contributed by atoms with Gasteiger partial charge in [0.1, 0.15) is 22.9 Å². The first kappa shape index (κ1) is 23.7. The Bertz CT molecular complexity index is 1220. The van der Waals surface area contributed by atoms with E-state index in [-0.39, 0.29) is 31.1 Å². The Morgan fingerprint density at radius 2 is 2.03 bits per heavy atom. The van der Waals surface area contributed by atoms with E-state index in [1.54, 1.807) is 34.5 Å². The molecule has 2 atom stereocenters. The van der Waals surface area contributed by atoms with Gasteiger partial charge in [0.25, 0.3) is 11.5 Å². The highest BCUT2D eigenvalue weighted by molar-refractivity contribution is 6.00. The molecule has 4 N–H and O–H groups in total. The molecule has 2 aliphatic carbocycles. The molecule has 2 saturated carbocycles. The number of fused-ring (bicyclic) bond motifs is 1. The molecule has 1 amide bonds. The fraction of sp³-hybridized carbons (Fsp3) is 0.500. The second kappa shape index (κ2) is 10.3. The van der Waals surface area contributed by atoms with Crippen LogP contribution in [0.5, 0.6) is 0 Å². The summed E-state index contributed by atoms with van der Waals surface area (Å²) in [4.78, 5) is 30.3. The monoisotopic (exact) mass is 469 g/mol. The smallest absolute Gasteiger partial charge is 0.274 e. The number of nitrogens with one attached hydrogen (secondary N) is 3. The zero-order chi connectivity index (χ0) is 24.2. The van der Waals surface area contributed by atoms with Crippen LogP contribution in [0, 0.1) is 0 Å². The maximum absolute atomic E-state index is 13.1.